The number of hydrogen-bond donors (Lipinski definition) is 1. The molecule has 22 heavy (non-hydrogen) atoms. The molecule has 0 aliphatic heterocycles. The van der Waals surface area contributed by atoms with Crippen molar-refractivity contribution in [3.63, 3.8) is 0 Å². The summed E-state index contributed by atoms with van der Waals surface area (Å²) in [6, 6.07) is 6.15. The fraction of sp³-hybridized carbons (Fsp3) is 0.412. The molecule has 0 unspecified atom stereocenters. The molecule has 4 nitrogen and oxygen atoms in total. The number of aromatic nitrogens is 3. The third-order valence-electron chi connectivity index (χ3n) is 3.56. The van der Waals surface area contributed by atoms with Crippen LogP contribution in [0.5, 0.6) is 0 Å². The van der Waals surface area contributed by atoms with Crippen LogP contribution in [0.25, 0.3) is 21.9 Å². The Kier molecular flexibility index (Phi) is 4.45. The Hall–Kier alpha value is -1.46. The minimum Gasteiger partial charge on any atom is -0.374 e. The number of hydrogen-bond acceptors (Lipinski definition) is 3. The van der Waals surface area contributed by atoms with Crippen LogP contribution in [0.2, 0.25) is 0 Å². The number of ether oxygens (including phenoxy) is 1. The molecule has 3 aromatic rings. The number of fused-ring (bicyclic) bond motifs is 3. The molecule has 2 heterocycles. The van der Waals surface area contributed by atoms with Crippen molar-refractivity contribution in [3.8, 4) is 0 Å². The maximum atomic E-state index is 5.48. The number of halogens is 1. The van der Waals surface area contributed by atoms with Crippen molar-refractivity contribution in [2.24, 2.45) is 5.92 Å². The topological polar surface area (TPSA) is 50.8 Å². The number of nitrogens with zero attached hydrogens (tertiary/aromatic N) is 2. The summed E-state index contributed by atoms with van der Waals surface area (Å²) in [5.41, 5.74) is 4.08. The van der Waals surface area contributed by atoms with E-state index < -0.39 is 0 Å². The number of rotatable bonds is 5. The number of imidazole rings is 1. The predicted octanol–water partition coefficient (Wildman–Crippen LogP) is 4.61. The van der Waals surface area contributed by atoms with Gasteiger partial charge in [0.1, 0.15) is 12.4 Å². The van der Waals surface area contributed by atoms with Crippen molar-refractivity contribution in [2.75, 3.05) is 6.61 Å². The molecule has 0 radical (unpaired) electrons. The number of aromatic amines is 1. The lowest BCUT2D eigenvalue weighted by Gasteiger charge is -2.08. The summed E-state index contributed by atoms with van der Waals surface area (Å²) in [4.78, 5) is 13.0. The molecular weight excluding hydrogens is 342 g/mol. The van der Waals surface area contributed by atoms with Crippen molar-refractivity contribution in [3.05, 3.63) is 34.2 Å². The second-order valence-corrected chi connectivity index (χ2v) is 6.78. The quantitative estimate of drug-likeness (QED) is 0.721. The first-order chi connectivity index (χ1) is 10.6. The van der Waals surface area contributed by atoms with Gasteiger partial charge < -0.3 is 9.72 Å². The maximum absolute atomic E-state index is 5.48. The summed E-state index contributed by atoms with van der Waals surface area (Å²) in [5, 5.41) is 1.07. The van der Waals surface area contributed by atoms with Crippen LogP contribution in [0.3, 0.4) is 0 Å². The molecule has 5 heteroatoms. The molecule has 116 valence electrons. The molecule has 0 spiro atoms. The predicted molar refractivity (Wildman–Crippen MR) is 93.0 cm³/mol. The van der Waals surface area contributed by atoms with Crippen molar-refractivity contribution >= 4 is 37.9 Å². The van der Waals surface area contributed by atoms with E-state index in [-0.39, 0.29) is 0 Å². The van der Waals surface area contributed by atoms with Gasteiger partial charge >= 0.3 is 0 Å². The lowest BCUT2D eigenvalue weighted by molar-refractivity contribution is 0.129. The Bertz CT molecular complexity index is 810. The standard InChI is InChI=1S/C17H20BrN3O/c1-4-22-9-15-20-16-12-6-5-11(18)8-13(12)19-14(7-10(2)3)17(16)21-15/h5-6,8,10H,4,7,9H2,1-3H3,(H,20,21). The number of pyridine rings is 1. The van der Waals surface area contributed by atoms with Crippen molar-refractivity contribution in [1.29, 1.82) is 0 Å². The Morgan fingerprint density at radius 2 is 2.09 bits per heavy atom. The first kappa shape index (κ1) is 15.4. The summed E-state index contributed by atoms with van der Waals surface area (Å²) in [5.74, 6) is 1.40. The van der Waals surface area contributed by atoms with Gasteiger partial charge in [0.15, 0.2) is 0 Å². The highest BCUT2D eigenvalue weighted by Gasteiger charge is 2.14. The molecule has 0 atom stereocenters. The second-order valence-electron chi connectivity index (χ2n) is 5.86. The second kappa shape index (κ2) is 6.34. The van der Waals surface area contributed by atoms with E-state index >= 15 is 0 Å². The zero-order valence-corrected chi connectivity index (χ0v) is 14.7. The van der Waals surface area contributed by atoms with Crippen molar-refractivity contribution < 1.29 is 4.74 Å². The molecule has 2 aromatic heterocycles. The van der Waals surface area contributed by atoms with Gasteiger partial charge in [-0.2, -0.15) is 0 Å². The molecular formula is C17H20BrN3O. The Labute approximate surface area is 138 Å². The third-order valence-corrected chi connectivity index (χ3v) is 4.05. The molecule has 0 aliphatic carbocycles. The van der Waals surface area contributed by atoms with Gasteiger partial charge in [-0.05, 0) is 37.5 Å². The molecule has 0 amide bonds. The van der Waals surface area contributed by atoms with Crippen LogP contribution in [0, 0.1) is 5.92 Å². The van der Waals surface area contributed by atoms with Crippen LogP contribution in [0.1, 0.15) is 32.3 Å². The third kappa shape index (κ3) is 3.01. The molecule has 0 aliphatic rings. The van der Waals surface area contributed by atoms with Crippen LogP contribution >= 0.6 is 15.9 Å². The van der Waals surface area contributed by atoms with E-state index in [1.165, 1.54) is 0 Å². The Morgan fingerprint density at radius 1 is 1.27 bits per heavy atom. The summed E-state index contributed by atoms with van der Waals surface area (Å²) in [6.07, 6.45) is 0.926. The average molecular weight is 362 g/mol. The summed E-state index contributed by atoms with van der Waals surface area (Å²) in [7, 11) is 0. The number of benzene rings is 1. The van der Waals surface area contributed by atoms with Gasteiger partial charge in [0, 0.05) is 16.5 Å². The van der Waals surface area contributed by atoms with E-state index in [0.29, 0.717) is 19.1 Å². The Balaban J connectivity index is 2.22. The molecule has 0 bridgehead atoms. The highest BCUT2D eigenvalue weighted by molar-refractivity contribution is 9.10. The SMILES string of the molecule is CCOCc1nc2c([nH]1)c(CC(C)C)nc1cc(Br)ccc12. The van der Waals surface area contributed by atoms with Crippen LogP contribution < -0.4 is 0 Å². The minimum absolute atomic E-state index is 0.504. The zero-order valence-electron chi connectivity index (χ0n) is 13.1. The lowest BCUT2D eigenvalue weighted by atomic mass is 10.0. The first-order valence-electron chi connectivity index (χ1n) is 7.63. The van der Waals surface area contributed by atoms with Crippen molar-refractivity contribution in [2.45, 2.75) is 33.8 Å². The van der Waals surface area contributed by atoms with Gasteiger partial charge in [0.2, 0.25) is 0 Å². The summed E-state index contributed by atoms with van der Waals surface area (Å²) >= 11 is 3.52. The average Bonchev–Trinajstić information content (AvgIpc) is 2.88. The number of nitrogens with one attached hydrogen (secondary N) is 1. The van der Waals surface area contributed by atoms with Crippen LogP contribution in [0.4, 0.5) is 0 Å². The van der Waals surface area contributed by atoms with Gasteiger partial charge in [-0.1, -0.05) is 29.8 Å². The molecule has 0 saturated carbocycles. The highest BCUT2D eigenvalue weighted by Crippen LogP contribution is 2.28. The first-order valence-corrected chi connectivity index (χ1v) is 8.42. The fourth-order valence-electron chi connectivity index (χ4n) is 2.63. The van der Waals surface area contributed by atoms with E-state index in [0.717, 1.165) is 44.3 Å². The molecule has 0 saturated heterocycles. The lowest BCUT2D eigenvalue weighted by Crippen LogP contribution is -1.99. The van der Waals surface area contributed by atoms with Gasteiger partial charge in [0.25, 0.3) is 0 Å². The molecule has 3 rings (SSSR count). The van der Waals surface area contributed by atoms with Crippen molar-refractivity contribution in [1.82, 2.24) is 15.0 Å². The van der Waals surface area contributed by atoms with E-state index in [1.807, 2.05) is 13.0 Å². The number of H-pyrrole nitrogens is 1. The van der Waals surface area contributed by atoms with Crippen LogP contribution in [-0.4, -0.2) is 21.6 Å². The van der Waals surface area contributed by atoms with Crippen LogP contribution in [0.15, 0.2) is 22.7 Å². The molecule has 0 fully saturated rings. The summed E-state index contributed by atoms with van der Waals surface area (Å²) in [6.45, 7) is 7.58. The maximum Gasteiger partial charge on any atom is 0.133 e. The van der Waals surface area contributed by atoms with Crippen LogP contribution in [-0.2, 0) is 17.8 Å². The van der Waals surface area contributed by atoms with E-state index in [4.69, 9.17) is 14.7 Å². The van der Waals surface area contributed by atoms with E-state index in [2.05, 4.69) is 46.9 Å². The van der Waals surface area contributed by atoms with E-state index in [1.54, 1.807) is 0 Å². The fourth-order valence-corrected chi connectivity index (χ4v) is 2.98. The van der Waals surface area contributed by atoms with Gasteiger partial charge in [0.05, 0.1) is 22.2 Å². The zero-order chi connectivity index (χ0) is 15.7. The summed E-state index contributed by atoms with van der Waals surface area (Å²) < 4.78 is 6.51. The monoisotopic (exact) mass is 361 g/mol. The molecule has 1 aromatic carbocycles. The largest absolute Gasteiger partial charge is 0.374 e. The molecule has 1 N–H and O–H groups in total. The Morgan fingerprint density at radius 3 is 2.82 bits per heavy atom. The normalized spacial score (nSPS) is 11.9. The van der Waals surface area contributed by atoms with Gasteiger partial charge in [-0.25, -0.2) is 4.98 Å². The van der Waals surface area contributed by atoms with Gasteiger partial charge in [-0.15, -0.1) is 0 Å². The highest BCUT2D eigenvalue weighted by atomic mass is 79.9. The van der Waals surface area contributed by atoms with Gasteiger partial charge in [-0.3, -0.25) is 4.98 Å². The minimum atomic E-state index is 0.504. The van der Waals surface area contributed by atoms with E-state index in [9.17, 15) is 0 Å². The smallest absolute Gasteiger partial charge is 0.133 e.